The van der Waals surface area contributed by atoms with Crippen LogP contribution in [0.2, 0.25) is 0 Å². The number of rotatable bonds is 3. The molecular weight excluding hydrogens is 144 g/mol. The molecule has 1 aromatic rings. The van der Waals surface area contributed by atoms with Gasteiger partial charge in [-0.3, -0.25) is 0 Å². The minimum Gasteiger partial charge on any atom is -0.384 e. The molecule has 0 spiro atoms. The van der Waals surface area contributed by atoms with E-state index in [2.05, 4.69) is 10.1 Å². The SMILES string of the molecule is CCCc1noc(C(C)O)n1. The first kappa shape index (κ1) is 8.20. The largest absolute Gasteiger partial charge is 0.384 e. The molecule has 1 atom stereocenters. The summed E-state index contributed by atoms with van der Waals surface area (Å²) in [5.74, 6) is 0.969. The fraction of sp³-hybridized carbons (Fsp3) is 0.714. The minimum absolute atomic E-state index is 0.299. The van der Waals surface area contributed by atoms with Gasteiger partial charge in [0.25, 0.3) is 5.89 Å². The summed E-state index contributed by atoms with van der Waals surface area (Å²) in [6, 6.07) is 0. The fourth-order valence-electron chi connectivity index (χ4n) is 0.762. The minimum atomic E-state index is -0.659. The van der Waals surface area contributed by atoms with Crippen LogP contribution in [0.4, 0.5) is 0 Å². The second-order valence-corrected chi connectivity index (χ2v) is 2.47. The van der Waals surface area contributed by atoms with Crippen LogP contribution in [0, 0.1) is 0 Å². The number of aliphatic hydroxyl groups excluding tert-OH is 1. The van der Waals surface area contributed by atoms with Gasteiger partial charge in [-0.05, 0) is 13.3 Å². The maximum Gasteiger partial charge on any atom is 0.255 e. The topological polar surface area (TPSA) is 59.2 Å². The number of hydrogen-bond donors (Lipinski definition) is 1. The zero-order valence-electron chi connectivity index (χ0n) is 6.74. The Hall–Kier alpha value is -0.900. The van der Waals surface area contributed by atoms with Crippen molar-refractivity contribution in [2.75, 3.05) is 0 Å². The quantitative estimate of drug-likeness (QED) is 0.711. The highest BCUT2D eigenvalue weighted by atomic mass is 16.5. The first-order valence-corrected chi connectivity index (χ1v) is 3.74. The molecule has 0 aromatic carbocycles. The first-order valence-electron chi connectivity index (χ1n) is 3.74. The number of aliphatic hydroxyl groups is 1. The van der Waals surface area contributed by atoms with Gasteiger partial charge in [0.2, 0.25) is 0 Å². The molecule has 0 aliphatic carbocycles. The maximum atomic E-state index is 9.01. The van der Waals surface area contributed by atoms with Crippen molar-refractivity contribution in [3.05, 3.63) is 11.7 Å². The summed E-state index contributed by atoms with van der Waals surface area (Å²) >= 11 is 0. The second-order valence-electron chi connectivity index (χ2n) is 2.47. The Morgan fingerprint density at radius 3 is 2.82 bits per heavy atom. The van der Waals surface area contributed by atoms with Gasteiger partial charge in [-0.25, -0.2) is 0 Å². The van der Waals surface area contributed by atoms with Crippen molar-refractivity contribution in [1.82, 2.24) is 10.1 Å². The van der Waals surface area contributed by atoms with Gasteiger partial charge >= 0.3 is 0 Å². The van der Waals surface area contributed by atoms with E-state index in [-0.39, 0.29) is 0 Å². The Bertz CT molecular complexity index is 220. The van der Waals surface area contributed by atoms with Crippen LogP contribution in [0.5, 0.6) is 0 Å². The summed E-state index contributed by atoms with van der Waals surface area (Å²) in [5.41, 5.74) is 0. The molecule has 0 saturated heterocycles. The van der Waals surface area contributed by atoms with Crippen LogP contribution in [-0.2, 0) is 6.42 Å². The van der Waals surface area contributed by atoms with Crippen LogP contribution < -0.4 is 0 Å². The van der Waals surface area contributed by atoms with E-state index in [1.807, 2.05) is 6.92 Å². The molecule has 1 rings (SSSR count). The van der Waals surface area contributed by atoms with Gasteiger partial charge in [0.05, 0.1) is 0 Å². The van der Waals surface area contributed by atoms with Crippen molar-refractivity contribution in [2.45, 2.75) is 32.8 Å². The van der Waals surface area contributed by atoms with Gasteiger partial charge in [-0.2, -0.15) is 4.98 Å². The van der Waals surface area contributed by atoms with E-state index in [1.165, 1.54) is 0 Å². The molecule has 11 heavy (non-hydrogen) atoms. The van der Waals surface area contributed by atoms with E-state index in [4.69, 9.17) is 9.63 Å². The zero-order chi connectivity index (χ0) is 8.27. The normalized spacial score (nSPS) is 13.4. The van der Waals surface area contributed by atoms with Gasteiger partial charge in [0.15, 0.2) is 5.82 Å². The Morgan fingerprint density at radius 1 is 1.64 bits per heavy atom. The summed E-state index contributed by atoms with van der Waals surface area (Å²) in [7, 11) is 0. The molecule has 62 valence electrons. The predicted molar refractivity (Wildman–Crippen MR) is 38.9 cm³/mol. The molecule has 1 N–H and O–H groups in total. The van der Waals surface area contributed by atoms with Gasteiger partial charge in [-0.1, -0.05) is 12.1 Å². The maximum absolute atomic E-state index is 9.01. The molecule has 1 aromatic heterocycles. The van der Waals surface area contributed by atoms with Crippen LogP contribution in [0.15, 0.2) is 4.52 Å². The van der Waals surface area contributed by atoms with Crippen LogP contribution in [0.3, 0.4) is 0 Å². The molecule has 0 saturated carbocycles. The van der Waals surface area contributed by atoms with Crippen molar-refractivity contribution < 1.29 is 9.63 Å². The average Bonchev–Trinajstić information content (AvgIpc) is 2.37. The summed E-state index contributed by atoms with van der Waals surface area (Å²) in [6.45, 7) is 3.64. The van der Waals surface area contributed by atoms with E-state index in [9.17, 15) is 0 Å². The summed E-state index contributed by atoms with van der Waals surface area (Å²) in [4.78, 5) is 3.97. The van der Waals surface area contributed by atoms with Gasteiger partial charge in [0.1, 0.15) is 6.10 Å². The highest BCUT2D eigenvalue weighted by Crippen LogP contribution is 2.08. The van der Waals surface area contributed by atoms with Gasteiger partial charge in [0, 0.05) is 6.42 Å². The van der Waals surface area contributed by atoms with Gasteiger partial charge < -0.3 is 9.63 Å². The molecule has 1 heterocycles. The van der Waals surface area contributed by atoms with E-state index >= 15 is 0 Å². The lowest BCUT2D eigenvalue weighted by Gasteiger charge is -1.91. The Morgan fingerprint density at radius 2 is 2.36 bits per heavy atom. The number of aryl methyl sites for hydroxylation is 1. The Balaban J connectivity index is 2.66. The third kappa shape index (κ3) is 2.01. The smallest absolute Gasteiger partial charge is 0.255 e. The molecule has 0 radical (unpaired) electrons. The van der Waals surface area contributed by atoms with Crippen molar-refractivity contribution in [3.63, 3.8) is 0 Å². The lowest BCUT2D eigenvalue weighted by Crippen LogP contribution is -1.91. The van der Waals surface area contributed by atoms with Crippen LogP contribution >= 0.6 is 0 Å². The molecule has 0 bridgehead atoms. The molecule has 0 aliphatic rings. The van der Waals surface area contributed by atoms with Crippen molar-refractivity contribution >= 4 is 0 Å². The summed E-state index contributed by atoms with van der Waals surface area (Å²) in [5, 5.41) is 12.7. The van der Waals surface area contributed by atoms with Crippen LogP contribution in [0.1, 0.15) is 38.1 Å². The van der Waals surface area contributed by atoms with E-state index in [1.54, 1.807) is 6.92 Å². The summed E-state index contributed by atoms with van der Waals surface area (Å²) in [6.07, 6.45) is 1.13. The fourth-order valence-corrected chi connectivity index (χ4v) is 0.762. The third-order valence-electron chi connectivity index (χ3n) is 1.31. The molecule has 1 unspecified atom stereocenters. The standard InChI is InChI=1S/C7H12N2O2/c1-3-4-6-8-7(5(2)10)11-9-6/h5,10H,3-4H2,1-2H3. The van der Waals surface area contributed by atoms with Gasteiger partial charge in [-0.15, -0.1) is 0 Å². The Kier molecular flexibility index (Phi) is 2.59. The molecule has 4 nitrogen and oxygen atoms in total. The highest BCUT2D eigenvalue weighted by molar-refractivity contribution is 4.88. The van der Waals surface area contributed by atoms with Crippen molar-refractivity contribution in [3.8, 4) is 0 Å². The zero-order valence-corrected chi connectivity index (χ0v) is 6.74. The van der Waals surface area contributed by atoms with Crippen LogP contribution in [-0.4, -0.2) is 15.2 Å². The third-order valence-corrected chi connectivity index (χ3v) is 1.31. The first-order chi connectivity index (χ1) is 5.24. The number of nitrogens with zero attached hydrogens (tertiary/aromatic N) is 2. The predicted octanol–water partition coefficient (Wildman–Crippen LogP) is 1.08. The lowest BCUT2D eigenvalue weighted by molar-refractivity contribution is 0.151. The lowest BCUT2D eigenvalue weighted by atomic mass is 10.3. The van der Waals surface area contributed by atoms with E-state index in [0.29, 0.717) is 11.7 Å². The van der Waals surface area contributed by atoms with Crippen LogP contribution in [0.25, 0.3) is 0 Å². The second kappa shape index (κ2) is 3.48. The molecule has 4 heteroatoms. The Labute approximate surface area is 65.2 Å². The summed E-state index contributed by atoms with van der Waals surface area (Å²) < 4.78 is 4.77. The van der Waals surface area contributed by atoms with Crippen molar-refractivity contribution in [2.24, 2.45) is 0 Å². The average molecular weight is 156 g/mol. The van der Waals surface area contributed by atoms with Crippen molar-refractivity contribution in [1.29, 1.82) is 0 Å². The molecule has 0 fully saturated rings. The van der Waals surface area contributed by atoms with E-state index < -0.39 is 6.10 Å². The number of hydrogen-bond acceptors (Lipinski definition) is 4. The number of aromatic nitrogens is 2. The van der Waals surface area contributed by atoms with E-state index in [0.717, 1.165) is 12.8 Å². The highest BCUT2D eigenvalue weighted by Gasteiger charge is 2.09. The molecule has 0 aliphatic heterocycles. The molecular formula is C7H12N2O2. The monoisotopic (exact) mass is 156 g/mol. The molecule has 0 amide bonds.